The Bertz CT molecular complexity index is 913. The van der Waals surface area contributed by atoms with Crippen LogP contribution in [0.1, 0.15) is 64.0 Å². The molecule has 1 N–H and O–H groups in total. The van der Waals surface area contributed by atoms with Crippen molar-refractivity contribution in [1.29, 1.82) is 0 Å². The summed E-state index contributed by atoms with van der Waals surface area (Å²) in [6.45, 7) is 7.35. The predicted molar refractivity (Wildman–Crippen MR) is 130 cm³/mol. The molecular weight excluding hydrogens is 422 g/mol. The van der Waals surface area contributed by atoms with Gasteiger partial charge in [0.25, 0.3) is 0 Å². The molecule has 3 heteroatoms. The lowest BCUT2D eigenvalue weighted by molar-refractivity contribution is 0.112. The molecule has 0 heterocycles. The van der Waals surface area contributed by atoms with Crippen LogP contribution in [0.25, 0.3) is 21.5 Å². The number of benzene rings is 3. The summed E-state index contributed by atoms with van der Waals surface area (Å²) in [6.07, 6.45) is 6.92. The molecule has 0 radical (unpaired) electrons. The summed E-state index contributed by atoms with van der Waals surface area (Å²) < 4.78 is 1.07. The minimum Gasteiger partial charge on any atom is -0.387 e. The molecule has 3 rings (SSSR count). The normalized spacial score (nSPS) is 12.9. The van der Waals surface area contributed by atoms with Crippen molar-refractivity contribution >= 4 is 37.5 Å². The van der Waals surface area contributed by atoms with Gasteiger partial charge in [-0.05, 0) is 71.2 Å². The number of aliphatic hydroxyl groups is 1. The minimum atomic E-state index is -0.480. The van der Waals surface area contributed by atoms with Crippen molar-refractivity contribution in [2.75, 3.05) is 19.6 Å². The quantitative estimate of drug-likeness (QED) is 0.239. The van der Waals surface area contributed by atoms with Gasteiger partial charge in [0.1, 0.15) is 0 Å². The van der Waals surface area contributed by atoms with E-state index in [0.29, 0.717) is 6.54 Å². The zero-order valence-corrected chi connectivity index (χ0v) is 19.4. The molecule has 0 saturated heterocycles. The van der Waals surface area contributed by atoms with E-state index in [1.807, 2.05) is 0 Å². The smallest absolute Gasteiger partial charge is 0.0923 e. The first kappa shape index (κ1) is 22.3. The molecule has 2 nitrogen and oxygen atoms in total. The molecule has 0 saturated carbocycles. The Morgan fingerprint density at radius 2 is 1.52 bits per heavy atom. The van der Waals surface area contributed by atoms with Gasteiger partial charge < -0.3 is 10.0 Å². The number of aliphatic hydroxyl groups excluding tert-OH is 1. The molecule has 0 aliphatic heterocycles. The summed E-state index contributed by atoms with van der Waals surface area (Å²) >= 11 is 3.62. The van der Waals surface area contributed by atoms with Gasteiger partial charge in [-0.2, -0.15) is 0 Å². The summed E-state index contributed by atoms with van der Waals surface area (Å²) in [7, 11) is 0. The van der Waals surface area contributed by atoms with Gasteiger partial charge in [-0.1, -0.05) is 85.8 Å². The molecule has 3 aromatic carbocycles. The number of halogens is 1. The third-order valence-corrected chi connectivity index (χ3v) is 6.29. The zero-order valence-electron chi connectivity index (χ0n) is 17.8. The molecular formula is C26H34BrNO. The highest BCUT2D eigenvalue weighted by Gasteiger charge is 2.17. The van der Waals surface area contributed by atoms with E-state index in [-0.39, 0.29) is 0 Å². The number of hydrogen-bond acceptors (Lipinski definition) is 2. The Morgan fingerprint density at radius 3 is 2.21 bits per heavy atom. The second kappa shape index (κ2) is 11.1. The van der Waals surface area contributed by atoms with Crippen LogP contribution in [0.5, 0.6) is 0 Å². The Morgan fingerprint density at radius 1 is 0.828 bits per heavy atom. The first-order chi connectivity index (χ1) is 14.1. The van der Waals surface area contributed by atoms with Crippen LogP contribution in [-0.4, -0.2) is 29.6 Å². The van der Waals surface area contributed by atoms with Crippen molar-refractivity contribution in [2.24, 2.45) is 0 Å². The fourth-order valence-electron chi connectivity index (χ4n) is 4.19. The predicted octanol–water partition coefficient (Wildman–Crippen LogP) is 7.47. The third kappa shape index (κ3) is 5.81. The first-order valence-electron chi connectivity index (χ1n) is 11.1. The average molecular weight is 456 g/mol. The molecule has 0 aliphatic carbocycles. The highest BCUT2D eigenvalue weighted by atomic mass is 79.9. The van der Waals surface area contributed by atoms with Crippen molar-refractivity contribution in [3.63, 3.8) is 0 Å². The van der Waals surface area contributed by atoms with Gasteiger partial charge in [0.15, 0.2) is 0 Å². The van der Waals surface area contributed by atoms with Gasteiger partial charge in [-0.25, -0.2) is 0 Å². The van der Waals surface area contributed by atoms with E-state index in [4.69, 9.17) is 0 Å². The number of hydrogen-bond donors (Lipinski definition) is 1. The Labute approximate surface area is 184 Å². The standard InChI is InChI=1S/C26H34BrNO/c1-3-5-9-15-28(16-10-6-4-2)19-26(29)25-17-20-11-7-8-12-22(20)24-18-21(27)13-14-23(24)25/h7-8,11-14,17-18,26,29H,3-6,9-10,15-16,19H2,1-2H3. The number of rotatable bonds is 11. The Balaban J connectivity index is 1.90. The summed E-state index contributed by atoms with van der Waals surface area (Å²) in [4.78, 5) is 2.47. The topological polar surface area (TPSA) is 23.5 Å². The van der Waals surface area contributed by atoms with E-state index in [2.05, 4.69) is 83.2 Å². The maximum atomic E-state index is 11.3. The van der Waals surface area contributed by atoms with E-state index in [9.17, 15) is 5.11 Å². The fourth-order valence-corrected chi connectivity index (χ4v) is 4.55. The third-order valence-electron chi connectivity index (χ3n) is 5.80. The van der Waals surface area contributed by atoms with Gasteiger partial charge in [0.05, 0.1) is 6.10 Å². The van der Waals surface area contributed by atoms with E-state index < -0.39 is 6.10 Å². The highest BCUT2D eigenvalue weighted by molar-refractivity contribution is 9.10. The molecule has 0 bridgehead atoms. The van der Waals surface area contributed by atoms with Crippen molar-refractivity contribution in [3.8, 4) is 0 Å². The minimum absolute atomic E-state index is 0.480. The van der Waals surface area contributed by atoms with Crippen molar-refractivity contribution in [3.05, 3.63) is 58.6 Å². The monoisotopic (exact) mass is 455 g/mol. The van der Waals surface area contributed by atoms with Crippen molar-refractivity contribution in [1.82, 2.24) is 4.90 Å². The molecule has 3 aromatic rings. The van der Waals surface area contributed by atoms with Crippen LogP contribution >= 0.6 is 15.9 Å². The summed E-state index contributed by atoms with van der Waals surface area (Å²) in [5, 5.41) is 16.1. The lowest BCUT2D eigenvalue weighted by atomic mass is 9.94. The first-order valence-corrected chi connectivity index (χ1v) is 11.9. The molecule has 156 valence electrons. The molecule has 29 heavy (non-hydrogen) atoms. The van der Waals surface area contributed by atoms with Crippen molar-refractivity contribution in [2.45, 2.75) is 58.5 Å². The largest absolute Gasteiger partial charge is 0.387 e. The molecule has 0 aromatic heterocycles. The van der Waals surface area contributed by atoms with E-state index >= 15 is 0 Å². The highest BCUT2D eigenvalue weighted by Crippen LogP contribution is 2.34. The van der Waals surface area contributed by atoms with Gasteiger partial charge in [0, 0.05) is 11.0 Å². The number of fused-ring (bicyclic) bond motifs is 3. The van der Waals surface area contributed by atoms with Crippen LogP contribution in [0.2, 0.25) is 0 Å². The van der Waals surface area contributed by atoms with Gasteiger partial charge >= 0.3 is 0 Å². The number of unbranched alkanes of at least 4 members (excludes halogenated alkanes) is 4. The Kier molecular flexibility index (Phi) is 8.53. The molecule has 0 amide bonds. The fraction of sp³-hybridized carbons (Fsp3) is 0.462. The molecule has 0 spiro atoms. The maximum Gasteiger partial charge on any atom is 0.0923 e. The van der Waals surface area contributed by atoms with E-state index in [1.54, 1.807) is 0 Å². The Hall–Kier alpha value is -1.42. The zero-order chi connectivity index (χ0) is 20.6. The molecule has 0 fully saturated rings. The second-order valence-electron chi connectivity index (χ2n) is 8.11. The molecule has 1 unspecified atom stereocenters. The maximum absolute atomic E-state index is 11.3. The summed E-state index contributed by atoms with van der Waals surface area (Å²) in [6, 6.07) is 17.1. The number of nitrogens with zero attached hydrogens (tertiary/aromatic N) is 1. The average Bonchev–Trinajstić information content (AvgIpc) is 2.73. The van der Waals surface area contributed by atoms with Crippen LogP contribution in [0.15, 0.2) is 53.0 Å². The molecule has 1 atom stereocenters. The van der Waals surface area contributed by atoms with Gasteiger partial charge in [0.2, 0.25) is 0 Å². The second-order valence-corrected chi connectivity index (χ2v) is 9.02. The van der Waals surface area contributed by atoms with Crippen LogP contribution < -0.4 is 0 Å². The molecule has 0 aliphatic rings. The van der Waals surface area contributed by atoms with Crippen LogP contribution in [0, 0.1) is 0 Å². The van der Waals surface area contributed by atoms with Crippen LogP contribution in [-0.2, 0) is 0 Å². The van der Waals surface area contributed by atoms with E-state index in [1.165, 1.54) is 54.7 Å². The van der Waals surface area contributed by atoms with Crippen molar-refractivity contribution < 1.29 is 5.11 Å². The van der Waals surface area contributed by atoms with Gasteiger partial charge in [-0.15, -0.1) is 0 Å². The van der Waals surface area contributed by atoms with E-state index in [0.717, 1.165) is 28.5 Å². The summed E-state index contributed by atoms with van der Waals surface area (Å²) in [5.74, 6) is 0. The summed E-state index contributed by atoms with van der Waals surface area (Å²) in [5.41, 5.74) is 1.04. The lowest BCUT2D eigenvalue weighted by Crippen LogP contribution is -2.31. The van der Waals surface area contributed by atoms with Crippen LogP contribution in [0.3, 0.4) is 0 Å². The van der Waals surface area contributed by atoms with Gasteiger partial charge in [-0.3, -0.25) is 0 Å². The van der Waals surface area contributed by atoms with Crippen LogP contribution in [0.4, 0.5) is 0 Å². The lowest BCUT2D eigenvalue weighted by Gasteiger charge is -2.26. The SMILES string of the molecule is CCCCCN(CCCCC)CC(O)c1cc2ccccc2c2cc(Br)ccc12.